The van der Waals surface area contributed by atoms with E-state index in [-0.39, 0.29) is 13.2 Å². The van der Waals surface area contributed by atoms with Crippen LogP contribution in [-0.4, -0.2) is 50.3 Å². The minimum absolute atomic E-state index is 0.0325. The summed E-state index contributed by atoms with van der Waals surface area (Å²) in [6.45, 7) is 19.3. The summed E-state index contributed by atoms with van der Waals surface area (Å²) in [6, 6.07) is 6.77. The minimum Gasteiger partial charge on any atom is -0.462 e. The van der Waals surface area contributed by atoms with Crippen LogP contribution in [0.3, 0.4) is 0 Å². The third-order valence-electron chi connectivity index (χ3n) is 6.60. The number of benzene rings is 1. The first kappa shape index (κ1) is 38.6. The van der Waals surface area contributed by atoms with Crippen molar-refractivity contribution in [1.29, 1.82) is 0 Å². The Morgan fingerprint density at radius 2 is 1.00 bits per heavy atom. The SMILES string of the molecule is C=C(C)C(=O)OCCOC(=O)C(=C)C.CCCCC(CC)COC(=O)c1ccccc1C(=O)OCC(CC)CCCC. The van der Waals surface area contributed by atoms with Gasteiger partial charge in [-0.3, -0.25) is 0 Å². The summed E-state index contributed by atoms with van der Waals surface area (Å²) >= 11 is 0. The molecule has 0 fully saturated rings. The van der Waals surface area contributed by atoms with E-state index in [1.54, 1.807) is 38.1 Å². The molecule has 0 aliphatic carbocycles. The van der Waals surface area contributed by atoms with Crippen molar-refractivity contribution >= 4 is 23.9 Å². The van der Waals surface area contributed by atoms with Crippen LogP contribution in [0.5, 0.6) is 0 Å². The maximum Gasteiger partial charge on any atom is 0.339 e. The molecule has 0 saturated heterocycles. The van der Waals surface area contributed by atoms with Gasteiger partial charge >= 0.3 is 23.9 Å². The minimum atomic E-state index is -0.489. The van der Waals surface area contributed by atoms with E-state index in [0.717, 1.165) is 51.4 Å². The summed E-state index contributed by atoms with van der Waals surface area (Å²) in [7, 11) is 0. The third-order valence-corrected chi connectivity index (χ3v) is 6.60. The summed E-state index contributed by atoms with van der Waals surface area (Å²) < 4.78 is 20.4. The standard InChI is InChI=1S/C24H38O4.C10H14O4/c1-5-9-13-19(7-3)17-27-23(25)21-15-11-12-16-22(21)24(26)28-18-20(8-4)14-10-6-2;1-7(2)9(11)13-5-6-14-10(12)8(3)4/h11-12,15-16,19-20H,5-10,13-14,17-18H2,1-4H3;1,3,5-6H2,2,4H3. The highest BCUT2D eigenvalue weighted by atomic mass is 16.6. The van der Waals surface area contributed by atoms with Crippen molar-refractivity contribution < 1.29 is 38.1 Å². The smallest absolute Gasteiger partial charge is 0.339 e. The van der Waals surface area contributed by atoms with Crippen LogP contribution in [0.4, 0.5) is 0 Å². The highest BCUT2D eigenvalue weighted by Crippen LogP contribution is 2.18. The van der Waals surface area contributed by atoms with Gasteiger partial charge in [0.2, 0.25) is 0 Å². The Morgan fingerprint density at radius 3 is 1.29 bits per heavy atom. The predicted molar refractivity (Wildman–Crippen MR) is 165 cm³/mol. The summed E-state index contributed by atoms with van der Waals surface area (Å²) in [6.07, 6.45) is 8.61. The van der Waals surface area contributed by atoms with Gasteiger partial charge in [0, 0.05) is 11.1 Å². The average Bonchev–Trinajstić information content (AvgIpc) is 2.99. The van der Waals surface area contributed by atoms with Gasteiger partial charge in [-0.15, -0.1) is 0 Å². The maximum atomic E-state index is 12.6. The molecule has 8 heteroatoms. The van der Waals surface area contributed by atoms with E-state index in [4.69, 9.17) is 9.47 Å². The largest absolute Gasteiger partial charge is 0.462 e. The first-order valence-electron chi connectivity index (χ1n) is 15.1. The van der Waals surface area contributed by atoms with Crippen LogP contribution in [0.15, 0.2) is 48.6 Å². The van der Waals surface area contributed by atoms with Gasteiger partial charge in [-0.1, -0.05) is 91.5 Å². The van der Waals surface area contributed by atoms with Gasteiger partial charge in [0.05, 0.1) is 24.3 Å². The zero-order chi connectivity index (χ0) is 31.9. The van der Waals surface area contributed by atoms with Gasteiger partial charge in [-0.05, 0) is 50.7 Å². The van der Waals surface area contributed by atoms with E-state index >= 15 is 0 Å². The number of carbonyl (C=O) groups is 4. The van der Waals surface area contributed by atoms with Crippen LogP contribution in [0.1, 0.15) is 114 Å². The lowest BCUT2D eigenvalue weighted by Gasteiger charge is -2.17. The molecule has 0 aliphatic heterocycles. The normalized spacial score (nSPS) is 11.7. The van der Waals surface area contributed by atoms with E-state index in [1.807, 2.05) is 0 Å². The fourth-order valence-corrected chi connectivity index (χ4v) is 3.69. The Kier molecular flexibility index (Phi) is 21.3. The van der Waals surface area contributed by atoms with Crippen LogP contribution >= 0.6 is 0 Å². The topological polar surface area (TPSA) is 105 Å². The van der Waals surface area contributed by atoms with Crippen molar-refractivity contribution in [2.45, 2.75) is 92.9 Å². The van der Waals surface area contributed by atoms with E-state index < -0.39 is 23.9 Å². The van der Waals surface area contributed by atoms with Crippen LogP contribution in [-0.2, 0) is 28.5 Å². The fraction of sp³-hybridized carbons (Fsp3) is 0.588. The summed E-state index contributed by atoms with van der Waals surface area (Å²) in [5.74, 6) is -1.13. The van der Waals surface area contributed by atoms with Gasteiger partial charge in [-0.25, -0.2) is 19.2 Å². The Bertz CT molecular complexity index is 918. The lowest BCUT2D eigenvalue weighted by atomic mass is 10.0. The number of ether oxygens (including phenoxy) is 4. The van der Waals surface area contributed by atoms with Gasteiger partial charge in [0.25, 0.3) is 0 Å². The first-order valence-corrected chi connectivity index (χ1v) is 15.1. The molecular formula is C34H52O8. The average molecular weight is 589 g/mol. The van der Waals surface area contributed by atoms with Crippen LogP contribution in [0, 0.1) is 11.8 Å². The Balaban J connectivity index is 0.00000101. The highest BCUT2D eigenvalue weighted by molar-refractivity contribution is 6.03. The Morgan fingerprint density at radius 1 is 0.643 bits per heavy atom. The molecule has 0 saturated carbocycles. The molecule has 1 aromatic carbocycles. The number of carbonyl (C=O) groups excluding carboxylic acids is 4. The predicted octanol–water partition coefficient (Wildman–Crippen LogP) is 7.66. The van der Waals surface area contributed by atoms with Crippen molar-refractivity contribution in [2.24, 2.45) is 11.8 Å². The second-order valence-electron chi connectivity index (χ2n) is 10.4. The van der Waals surface area contributed by atoms with E-state index in [0.29, 0.717) is 47.3 Å². The van der Waals surface area contributed by atoms with E-state index in [9.17, 15) is 19.2 Å². The molecule has 0 N–H and O–H groups in total. The number of hydrogen-bond acceptors (Lipinski definition) is 8. The Hall–Kier alpha value is -3.42. The zero-order valence-corrected chi connectivity index (χ0v) is 26.6. The monoisotopic (exact) mass is 588 g/mol. The lowest BCUT2D eigenvalue weighted by molar-refractivity contribution is -0.147. The van der Waals surface area contributed by atoms with Crippen molar-refractivity contribution in [2.75, 3.05) is 26.4 Å². The molecule has 0 radical (unpaired) electrons. The molecule has 0 aromatic heterocycles. The van der Waals surface area contributed by atoms with Crippen molar-refractivity contribution in [3.8, 4) is 0 Å². The van der Waals surface area contributed by atoms with Crippen LogP contribution < -0.4 is 0 Å². The zero-order valence-electron chi connectivity index (χ0n) is 26.6. The summed E-state index contributed by atoms with van der Waals surface area (Å²) in [4.78, 5) is 46.8. The van der Waals surface area contributed by atoms with E-state index in [1.165, 1.54) is 0 Å². The molecule has 1 rings (SSSR count). The summed E-state index contributed by atoms with van der Waals surface area (Å²) in [5.41, 5.74) is 1.21. The van der Waals surface area contributed by atoms with Crippen molar-refractivity contribution in [1.82, 2.24) is 0 Å². The van der Waals surface area contributed by atoms with Crippen LogP contribution in [0.25, 0.3) is 0 Å². The molecule has 0 spiro atoms. The molecule has 1 aromatic rings. The molecule has 8 nitrogen and oxygen atoms in total. The molecule has 0 heterocycles. The molecule has 0 aliphatic rings. The lowest BCUT2D eigenvalue weighted by Crippen LogP contribution is -2.19. The molecule has 236 valence electrons. The van der Waals surface area contributed by atoms with Crippen molar-refractivity contribution in [3.63, 3.8) is 0 Å². The van der Waals surface area contributed by atoms with Gasteiger partial charge in [-0.2, -0.15) is 0 Å². The molecule has 0 bridgehead atoms. The quantitative estimate of drug-likeness (QED) is 0.0702. The molecule has 2 atom stereocenters. The van der Waals surface area contributed by atoms with E-state index in [2.05, 4.69) is 50.3 Å². The number of esters is 4. The number of unbranched alkanes of at least 4 members (excludes halogenated alkanes) is 2. The number of rotatable bonds is 19. The highest BCUT2D eigenvalue weighted by Gasteiger charge is 2.21. The van der Waals surface area contributed by atoms with Gasteiger partial charge in [0.15, 0.2) is 0 Å². The molecule has 2 unspecified atom stereocenters. The third kappa shape index (κ3) is 16.7. The second-order valence-corrected chi connectivity index (χ2v) is 10.4. The molecule has 0 amide bonds. The second kappa shape index (κ2) is 23.2. The van der Waals surface area contributed by atoms with Gasteiger partial charge < -0.3 is 18.9 Å². The van der Waals surface area contributed by atoms with Crippen LogP contribution in [0.2, 0.25) is 0 Å². The number of hydrogen-bond donors (Lipinski definition) is 0. The first-order chi connectivity index (χ1) is 20.0. The molecule has 42 heavy (non-hydrogen) atoms. The molecular weight excluding hydrogens is 536 g/mol. The maximum absolute atomic E-state index is 12.6. The fourth-order valence-electron chi connectivity index (χ4n) is 3.69. The van der Waals surface area contributed by atoms with Gasteiger partial charge in [0.1, 0.15) is 13.2 Å². The summed E-state index contributed by atoms with van der Waals surface area (Å²) in [5, 5.41) is 0. The van der Waals surface area contributed by atoms with Crippen molar-refractivity contribution in [3.05, 3.63) is 59.7 Å². The Labute approximate surface area is 252 Å².